The number of methoxy groups -OCH3 is 1. The predicted molar refractivity (Wildman–Crippen MR) is 62.8 cm³/mol. The second-order valence-corrected chi connectivity index (χ2v) is 4.54. The van der Waals surface area contributed by atoms with Crippen LogP contribution in [0.2, 0.25) is 0 Å². The first-order chi connectivity index (χ1) is 7.06. The number of carbonyl (C=O) groups excluding carboxylic acids is 1. The van der Waals surface area contributed by atoms with Crippen LogP contribution in [0.5, 0.6) is 0 Å². The second-order valence-electron chi connectivity index (χ2n) is 4.54. The van der Waals surface area contributed by atoms with Crippen molar-refractivity contribution in [2.75, 3.05) is 13.7 Å². The number of nitrogens with one attached hydrogen (secondary N) is 1. The zero-order valence-electron chi connectivity index (χ0n) is 10.5. The summed E-state index contributed by atoms with van der Waals surface area (Å²) in [6, 6.07) is 0.285. The van der Waals surface area contributed by atoms with E-state index in [0.29, 0.717) is 13.0 Å². The fourth-order valence-electron chi connectivity index (χ4n) is 1.45. The molecule has 0 radical (unpaired) electrons. The highest BCUT2D eigenvalue weighted by Crippen LogP contribution is 2.08. The number of amides is 1. The fourth-order valence-corrected chi connectivity index (χ4v) is 1.45. The van der Waals surface area contributed by atoms with Gasteiger partial charge in [-0.15, -0.1) is 0 Å². The van der Waals surface area contributed by atoms with Gasteiger partial charge >= 0.3 is 0 Å². The molecule has 0 fully saturated rings. The van der Waals surface area contributed by atoms with Crippen molar-refractivity contribution in [1.82, 2.24) is 5.32 Å². The molecule has 90 valence electrons. The molecule has 3 heteroatoms. The van der Waals surface area contributed by atoms with E-state index in [1.165, 1.54) is 12.8 Å². The molecule has 0 aromatic carbocycles. The monoisotopic (exact) mass is 215 g/mol. The molecule has 3 nitrogen and oxygen atoms in total. The van der Waals surface area contributed by atoms with Gasteiger partial charge in [0, 0.05) is 19.6 Å². The van der Waals surface area contributed by atoms with Crippen LogP contribution >= 0.6 is 0 Å². The van der Waals surface area contributed by atoms with Gasteiger partial charge in [0.25, 0.3) is 0 Å². The van der Waals surface area contributed by atoms with E-state index in [2.05, 4.69) is 26.1 Å². The van der Waals surface area contributed by atoms with Crippen LogP contribution in [-0.2, 0) is 9.53 Å². The first kappa shape index (κ1) is 14.4. The van der Waals surface area contributed by atoms with Crippen molar-refractivity contribution in [3.8, 4) is 0 Å². The van der Waals surface area contributed by atoms with Gasteiger partial charge in [-0.3, -0.25) is 4.79 Å². The molecule has 0 bridgehead atoms. The molecular formula is C12H25NO2. The molecule has 0 saturated carbocycles. The zero-order chi connectivity index (χ0) is 11.7. The number of ether oxygens (including phenoxy) is 1. The number of carbonyl (C=O) groups is 1. The summed E-state index contributed by atoms with van der Waals surface area (Å²) in [4.78, 5) is 11.3. The van der Waals surface area contributed by atoms with Crippen LogP contribution in [0.4, 0.5) is 0 Å². The Bertz CT molecular complexity index is 169. The van der Waals surface area contributed by atoms with Crippen molar-refractivity contribution in [3.63, 3.8) is 0 Å². The van der Waals surface area contributed by atoms with Gasteiger partial charge in [-0.05, 0) is 19.3 Å². The van der Waals surface area contributed by atoms with Gasteiger partial charge in [-0.25, -0.2) is 0 Å². The minimum atomic E-state index is 0.0916. The summed E-state index contributed by atoms with van der Waals surface area (Å²) >= 11 is 0. The summed E-state index contributed by atoms with van der Waals surface area (Å²) < 4.78 is 4.85. The molecule has 1 N–H and O–H groups in total. The Morgan fingerprint density at radius 2 is 1.93 bits per heavy atom. The minimum absolute atomic E-state index is 0.0916. The molecule has 0 rings (SSSR count). The lowest BCUT2D eigenvalue weighted by Gasteiger charge is -2.14. The first-order valence-corrected chi connectivity index (χ1v) is 5.84. The van der Waals surface area contributed by atoms with Crippen LogP contribution in [0.15, 0.2) is 0 Å². The third kappa shape index (κ3) is 9.73. The maximum atomic E-state index is 11.3. The normalized spacial score (nSPS) is 12.9. The average molecular weight is 215 g/mol. The van der Waals surface area contributed by atoms with E-state index >= 15 is 0 Å². The SMILES string of the molecule is COCCC(=O)N[C@H](C)CCCC(C)C. The lowest BCUT2D eigenvalue weighted by atomic mass is 10.0. The van der Waals surface area contributed by atoms with Gasteiger partial charge < -0.3 is 10.1 Å². The highest BCUT2D eigenvalue weighted by Gasteiger charge is 2.06. The number of hydrogen-bond acceptors (Lipinski definition) is 2. The molecule has 0 aromatic heterocycles. The Labute approximate surface area is 93.6 Å². The van der Waals surface area contributed by atoms with Crippen LogP contribution < -0.4 is 5.32 Å². The molecular weight excluding hydrogens is 190 g/mol. The molecule has 1 atom stereocenters. The zero-order valence-corrected chi connectivity index (χ0v) is 10.5. The van der Waals surface area contributed by atoms with Crippen LogP contribution in [0.25, 0.3) is 0 Å². The quantitative estimate of drug-likeness (QED) is 0.675. The number of rotatable bonds is 8. The van der Waals surface area contributed by atoms with Crippen molar-refractivity contribution >= 4 is 5.91 Å². The van der Waals surface area contributed by atoms with Gasteiger partial charge in [0.05, 0.1) is 6.61 Å². The molecule has 0 spiro atoms. The molecule has 0 aliphatic carbocycles. The van der Waals surface area contributed by atoms with E-state index in [4.69, 9.17) is 4.74 Å². The summed E-state index contributed by atoms with van der Waals surface area (Å²) in [6.07, 6.45) is 3.95. The minimum Gasteiger partial charge on any atom is -0.384 e. The smallest absolute Gasteiger partial charge is 0.222 e. The standard InChI is InChI=1S/C12H25NO2/c1-10(2)6-5-7-11(3)13-12(14)8-9-15-4/h10-11H,5-9H2,1-4H3,(H,13,14)/t11-/m1/s1. The summed E-state index contributed by atoms with van der Waals surface area (Å²) in [5, 5.41) is 2.97. The molecule has 0 aliphatic rings. The van der Waals surface area contributed by atoms with E-state index in [0.717, 1.165) is 12.3 Å². The third-order valence-corrected chi connectivity index (χ3v) is 2.36. The highest BCUT2D eigenvalue weighted by atomic mass is 16.5. The predicted octanol–water partition coefficient (Wildman–Crippen LogP) is 2.35. The first-order valence-electron chi connectivity index (χ1n) is 5.84. The highest BCUT2D eigenvalue weighted by molar-refractivity contribution is 5.76. The van der Waals surface area contributed by atoms with Crippen molar-refractivity contribution in [3.05, 3.63) is 0 Å². The van der Waals surface area contributed by atoms with E-state index in [1.54, 1.807) is 7.11 Å². The average Bonchev–Trinajstić information content (AvgIpc) is 2.14. The van der Waals surface area contributed by atoms with Crippen molar-refractivity contribution in [2.45, 2.75) is 52.5 Å². The van der Waals surface area contributed by atoms with Crippen LogP contribution in [-0.4, -0.2) is 25.7 Å². The third-order valence-electron chi connectivity index (χ3n) is 2.36. The van der Waals surface area contributed by atoms with Gasteiger partial charge in [-0.1, -0.05) is 26.7 Å². The van der Waals surface area contributed by atoms with Gasteiger partial charge in [0.2, 0.25) is 5.91 Å². The van der Waals surface area contributed by atoms with E-state index < -0.39 is 0 Å². The maximum absolute atomic E-state index is 11.3. The van der Waals surface area contributed by atoms with Crippen LogP contribution in [0.3, 0.4) is 0 Å². The lowest BCUT2D eigenvalue weighted by molar-refractivity contribution is -0.122. The van der Waals surface area contributed by atoms with E-state index in [1.807, 2.05) is 0 Å². The van der Waals surface area contributed by atoms with Crippen LogP contribution in [0, 0.1) is 5.92 Å². The molecule has 0 aromatic rings. The van der Waals surface area contributed by atoms with Crippen molar-refractivity contribution < 1.29 is 9.53 Å². The summed E-state index contributed by atoms with van der Waals surface area (Å²) in [6.45, 7) is 7.01. The molecule has 0 heterocycles. The Morgan fingerprint density at radius 1 is 1.27 bits per heavy atom. The topological polar surface area (TPSA) is 38.3 Å². The summed E-state index contributed by atoms with van der Waals surface area (Å²) in [7, 11) is 1.61. The Balaban J connectivity index is 3.46. The largest absolute Gasteiger partial charge is 0.384 e. The fraction of sp³-hybridized carbons (Fsp3) is 0.917. The molecule has 0 unspecified atom stereocenters. The maximum Gasteiger partial charge on any atom is 0.222 e. The van der Waals surface area contributed by atoms with Gasteiger partial charge in [0.1, 0.15) is 0 Å². The summed E-state index contributed by atoms with van der Waals surface area (Å²) in [5.41, 5.74) is 0. The van der Waals surface area contributed by atoms with Gasteiger partial charge in [-0.2, -0.15) is 0 Å². The van der Waals surface area contributed by atoms with Gasteiger partial charge in [0.15, 0.2) is 0 Å². The van der Waals surface area contributed by atoms with E-state index in [-0.39, 0.29) is 11.9 Å². The Morgan fingerprint density at radius 3 is 2.47 bits per heavy atom. The molecule has 0 saturated heterocycles. The second kappa shape index (κ2) is 8.72. The van der Waals surface area contributed by atoms with Crippen molar-refractivity contribution in [1.29, 1.82) is 0 Å². The Hall–Kier alpha value is -0.570. The lowest BCUT2D eigenvalue weighted by Crippen LogP contribution is -2.33. The Kier molecular flexibility index (Phi) is 8.38. The van der Waals surface area contributed by atoms with E-state index in [9.17, 15) is 4.79 Å². The van der Waals surface area contributed by atoms with Crippen molar-refractivity contribution in [2.24, 2.45) is 5.92 Å². The molecule has 1 amide bonds. The molecule has 15 heavy (non-hydrogen) atoms. The summed E-state index contributed by atoms with van der Waals surface area (Å²) in [5.74, 6) is 0.843. The van der Waals surface area contributed by atoms with Crippen LogP contribution in [0.1, 0.15) is 46.5 Å². The molecule has 0 aliphatic heterocycles. The number of hydrogen-bond donors (Lipinski definition) is 1.